The first-order chi connectivity index (χ1) is 11.5. The first-order valence-electron chi connectivity index (χ1n) is 7.78. The van der Waals surface area contributed by atoms with Crippen LogP contribution in [0.4, 0.5) is 5.69 Å². The number of carbonyl (C=O) groups excluding carboxylic acids is 1. The number of hydrogen-bond donors (Lipinski definition) is 1. The van der Waals surface area contributed by atoms with Gasteiger partial charge in [-0.05, 0) is 74.9 Å². The molecule has 24 heavy (non-hydrogen) atoms. The summed E-state index contributed by atoms with van der Waals surface area (Å²) in [6.07, 6.45) is 0. The summed E-state index contributed by atoms with van der Waals surface area (Å²) < 4.78 is 2.16. The van der Waals surface area contributed by atoms with Gasteiger partial charge in [0.15, 0.2) is 0 Å². The molecule has 0 aliphatic carbocycles. The molecular formula is C20H19ClN2O. The molecule has 3 rings (SSSR count). The van der Waals surface area contributed by atoms with Gasteiger partial charge in [-0.15, -0.1) is 0 Å². The molecule has 1 N–H and O–H groups in total. The average molecular weight is 339 g/mol. The van der Waals surface area contributed by atoms with Crippen molar-refractivity contribution in [3.63, 3.8) is 0 Å². The lowest BCUT2D eigenvalue weighted by Gasteiger charge is -2.11. The van der Waals surface area contributed by atoms with Crippen molar-refractivity contribution in [2.75, 3.05) is 5.32 Å². The Hall–Kier alpha value is -2.52. The molecule has 0 aliphatic heterocycles. The van der Waals surface area contributed by atoms with Crippen LogP contribution in [0.5, 0.6) is 0 Å². The Morgan fingerprint density at radius 1 is 0.917 bits per heavy atom. The van der Waals surface area contributed by atoms with Crippen LogP contribution in [0, 0.1) is 20.8 Å². The van der Waals surface area contributed by atoms with Gasteiger partial charge in [-0.25, -0.2) is 0 Å². The Kier molecular flexibility index (Phi) is 4.45. The van der Waals surface area contributed by atoms with Crippen molar-refractivity contribution in [2.24, 2.45) is 0 Å². The molecule has 1 aromatic heterocycles. The summed E-state index contributed by atoms with van der Waals surface area (Å²) in [5.74, 6) is -0.145. The molecule has 0 saturated heterocycles. The summed E-state index contributed by atoms with van der Waals surface area (Å²) in [5, 5.41) is 3.52. The van der Waals surface area contributed by atoms with E-state index < -0.39 is 0 Å². The van der Waals surface area contributed by atoms with E-state index >= 15 is 0 Å². The van der Waals surface area contributed by atoms with Gasteiger partial charge in [0.05, 0.1) is 0 Å². The fraction of sp³-hybridized carbons (Fsp3) is 0.150. The summed E-state index contributed by atoms with van der Waals surface area (Å²) in [5.41, 5.74) is 5.70. The number of aryl methyl sites for hydroxylation is 3. The highest BCUT2D eigenvalue weighted by Gasteiger charge is 2.10. The molecule has 3 aromatic rings. The summed E-state index contributed by atoms with van der Waals surface area (Å²) in [6.45, 7) is 6.07. The topological polar surface area (TPSA) is 34.0 Å². The minimum atomic E-state index is -0.145. The van der Waals surface area contributed by atoms with Crippen molar-refractivity contribution >= 4 is 23.2 Å². The van der Waals surface area contributed by atoms with E-state index in [2.05, 4.69) is 35.9 Å². The lowest BCUT2D eigenvalue weighted by molar-refractivity contribution is 0.102. The highest BCUT2D eigenvalue weighted by molar-refractivity contribution is 6.31. The summed E-state index contributed by atoms with van der Waals surface area (Å²) >= 11 is 6.00. The molecule has 0 bridgehead atoms. The largest absolute Gasteiger partial charge is 0.322 e. The van der Waals surface area contributed by atoms with Crippen molar-refractivity contribution in [3.8, 4) is 5.69 Å². The number of amides is 1. The van der Waals surface area contributed by atoms with Gasteiger partial charge in [-0.2, -0.15) is 0 Å². The minimum absolute atomic E-state index is 0.145. The zero-order valence-corrected chi connectivity index (χ0v) is 14.7. The van der Waals surface area contributed by atoms with E-state index in [1.807, 2.05) is 43.3 Å². The number of anilines is 1. The number of rotatable bonds is 3. The van der Waals surface area contributed by atoms with Crippen molar-refractivity contribution < 1.29 is 4.79 Å². The van der Waals surface area contributed by atoms with E-state index in [9.17, 15) is 4.79 Å². The van der Waals surface area contributed by atoms with Crippen molar-refractivity contribution in [1.29, 1.82) is 0 Å². The minimum Gasteiger partial charge on any atom is -0.322 e. The van der Waals surface area contributed by atoms with Gasteiger partial charge in [0.25, 0.3) is 5.91 Å². The molecule has 1 amide bonds. The SMILES string of the molecule is Cc1ccc(Cl)cc1NC(=O)c1ccc(-n2c(C)ccc2C)cc1. The number of benzene rings is 2. The number of nitrogens with zero attached hydrogens (tertiary/aromatic N) is 1. The quantitative estimate of drug-likeness (QED) is 0.690. The molecule has 4 heteroatoms. The Bertz CT molecular complexity index is 875. The maximum absolute atomic E-state index is 12.4. The van der Waals surface area contributed by atoms with Crippen LogP contribution in [0.1, 0.15) is 27.3 Å². The highest BCUT2D eigenvalue weighted by atomic mass is 35.5. The Balaban J connectivity index is 1.83. The first kappa shape index (κ1) is 16.3. The maximum atomic E-state index is 12.4. The van der Waals surface area contributed by atoms with Crippen LogP contribution >= 0.6 is 11.6 Å². The monoisotopic (exact) mass is 338 g/mol. The van der Waals surface area contributed by atoms with Gasteiger partial charge in [-0.3, -0.25) is 4.79 Å². The molecule has 0 spiro atoms. The zero-order chi connectivity index (χ0) is 17.3. The van der Waals surface area contributed by atoms with Crippen LogP contribution in [0.25, 0.3) is 5.69 Å². The van der Waals surface area contributed by atoms with Crippen LogP contribution < -0.4 is 5.32 Å². The fourth-order valence-electron chi connectivity index (χ4n) is 2.76. The normalized spacial score (nSPS) is 10.7. The van der Waals surface area contributed by atoms with Gasteiger partial charge >= 0.3 is 0 Å². The molecule has 0 unspecified atom stereocenters. The number of halogens is 1. The lowest BCUT2D eigenvalue weighted by Crippen LogP contribution is -2.13. The van der Waals surface area contributed by atoms with Crippen LogP contribution in [0.3, 0.4) is 0 Å². The van der Waals surface area contributed by atoms with Crippen LogP contribution in [0.15, 0.2) is 54.6 Å². The van der Waals surface area contributed by atoms with Crippen LogP contribution in [-0.2, 0) is 0 Å². The fourth-order valence-corrected chi connectivity index (χ4v) is 2.93. The molecule has 0 aliphatic rings. The third-order valence-corrected chi connectivity index (χ3v) is 4.34. The molecule has 2 aromatic carbocycles. The number of nitrogens with one attached hydrogen (secondary N) is 1. The van der Waals surface area contributed by atoms with Crippen LogP contribution in [0.2, 0.25) is 5.02 Å². The number of hydrogen-bond acceptors (Lipinski definition) is 1. The second-order valence-electron chi connectivity index (χ2n) is 5.91. The van der Waals surface area contributed by atoms with Gasteiger partial charge in [0.2, 0.25) is 0 Å². The van der Waals surface area contributed by atoms with E-state index in [4.69, 9.17) is 11.6 Å². The maximum Gasteiger partial charge on any atom is 0.255 e. The van der Waals surface area contributed by atoms with E-state index in [0.29, 0.717) is 10.6 Å². The Morgan fingerprint density at radius 2 is 1.54 bits per heavy atom. The van der Waals surface area contributed by atoms with Crippen molar-refractivity contribution in [3.05, 3.63) is 82.1 Å². The van der Waals surface area contributed by atoms with E-state index in [1.165, 1.54) is 11.4 Å². The molecule has 3 nitrogen and oxygen atoms in total. The molecule has 122 valence electrons. The zero-order valence-electron chi connectivity index (χ0n) is 13.9. The van der Waals surface area contributed by atoms with E-state index in [1.54, 1.807) is 6.07 Å². The Labute approximate surface area is 146 Å². The first-order valence-corrected chi connectivity index (χ1v) is 8.16. The predicted octanol–water partition coefficient (Wildman–Crippen LogP) is 5.31. The van der Waals surface area contributed by atoms with Gasteiger partial charge in [0.1, 0.15) is 0 Å². The van der Waals surface area contributed by atoms with E-state index in [0.717, 1.165) is 16.9 Å². The van der Waals surface area contributed by atoms with Crippen LogP contribution in [-0.4, -0.2) is 10.5 Å². The third kappa shape index (κ3) is 3.22. The van der Waals surface area contributed by atoms with Crippen molar-refractivity contribution in [1.82, 2.24) is 4.57 Å². The number of aromatic nitrogens is 1. The predicted molar refractivity (Wildman–Crippen MR) is 99.4 cm³/mol. The standard InChI is InChI=1S/C20H19ClN2O/c1-13-4-9-17(21)12-19(13)22-20(24)16-7-10-18(11-8-16)23-14(2)5-6-15(23)3/h4-12H,1-3H3,(H,22,24). The van der Waals surface area contributed by atoms with Gasteiger partial charge in [0, 0.05) is 33.3 Å². The lowest BCUT2D eigenvalue weighted by atomic mass is 10.1. The van der Waals surface area contributed by atoms with Gasteiger partial charge < -0.3 is 9.88 Å². The molecule has 0 fully saturated rings. The molecular weight excluding hydrogens is 320 g/mol. The third-order valence-electron chi connectivity index (χ3n) is 4.11. The van der Waals surface area contributed by atoms with Gasteiger partial charge in [-0.1, -0.05) is 17.7 Å². The van der Waals surface area contributed by atoms with Crippen molar-refractivity contribution in [2.45, 2.75) is 20.8 Å². The number of carbonyl (C=O) groups is 1. The summed E-state index contributed by atoms with van der Waals surface area (Å²) in [7, 11) is 0. The second-order valence-corrected chi connectivity index (χ2v) is 6.35. The molecule has 0 saturated carbocycles. The second kappa shape index (κ2) is 6.54. The smallest absolute Gasteiger partial charge is 0.255 e. The molecule has 1 heterocycles. The Morgan fingerprint density at radius 3 is 2.17 bits per heavy atom. The average Bonchev–Trinajstić information content (AvgIpc) is 2.90. The summed E-state index contributed by atoms with van der Waals surface area (Å²) in [4.78, 5) is 12.4. The summed E-state index contributed by atoms with van der Waals surface area (Å²) in [6, 6.07) is 17.2. The molecule has 0 atom stereocenters. The highest BCUT2D eigenvalue weighted by Crippen LogP contribution is 2.22. The molecule has 0 radical (unpaired) electrons. The van der Waals surface area contributed by atoms with E-state index in [-0.39, 0.29) is 5.91 Å².